The Balaban J connectivity index is 1.41. The summed E-state index contributed by atoms with van der Waals surface area (Å²) in [7, 11) is -2.11. The zero-order valence-corrected chi connectivity index (χ0v) is 18.7. The summed E-state index contributed by atoms with van der Waals surface area (Å²) in [5.74, 6) is 0.239. The van der Waals surface area contributed by atoms with Crippen LogP contribution < -0.4 is 9.47 Å². The predicted molar refractivity (Wildman–Crippen MR) is 114 cm³/mol. The molecule has 2 aliphatic rings. The molecule has 10 nitrogen and oxygen atoms in total. The maximum Gasteiger partial charge on any atom is 0.319 e. The molecule has 2 fully saturated rings. The number of rotatable bonds is 6. The van der Waals surface area contributed by atoms with Gasteiger partial charge in [-0.2, -0.15) is 9.29 Å². The lowest BCUT2D eigenvalue weighted by Gasteiger charge is -2.32. The molecular formula is C21H26N4O6S. The molecule has 2 aromatic rings. The molecule has 2 saturated heterocycles. The Labute approximate surface area is 187 Å². The molecule has 4 rings (SSSR count). The van der Waals surface area contributed by atoms with Crippen molar-refractivity contribution in [3.8, 4) is 11.9 Å². The second-order valence-corrected chi connectivity index (χ2v) is 9.49. The van der Waals surface area contributed by atoms with E-state index in [2.05, 4.69) is 9.97 Å². The average Bonchev–Trinajstić information content (AvgIpc) is 2.84. The summed E-state index contributed by atoms with van der Waals surface area (Å²) in [6.07, 6.45) is 2.95. The Morgan fingerprint density at radius 2 is 1.88 bits per heavy atom. The van der Waals surface area contributed by atoms with Gasteiger partial charge in [0.15, 0.2) is 0 Å². The maximum absolute atomic E-state index is 13.0. The molecule has 1 aromatic carbocycles. The van der Waals surface area contributed by atoms with Crippen LogP contribution in [0.15, 0.2) is 41.4 Å². The molecule has 0 saturated carbocycles. The highest BCUT2D eigenvalue weighted by atomic mass is 32.2. The predicted octanol–water partition coefficient (Wildman–Crippen LogP) is 1.19. The first-order valence-corrected chi connectivity index (χ1v) is 11.9. The molecule has 3 heterocycles. The lowest BCUT2D eigenvalue weighted by molar-refractivity contribution is 0.0525. The fourth-order valence-electron chi connectivity index (χ4n) is 3.77. The lowest BCUT2D eigenvalue weighted by atomic mass is 10.1. The highest BCUT2D eigenvalue weighted by molar-refractivity contribution is 7.89. The summed E-state index contributed by atoms with van der Waals surface area (Å²) in [4.78, 5) is 23.0. The van der Waals surface area contributed by atoms with Gasteiger partial charge in [0.2, 0.25) is 15.9 Å². The number of amides is 1. The summed E-state index contributed by atoms with van der Waals surface area (Å²) in [5, 5.41) is 0. The Kier molecular flexibility index (Phi) is 6.87. The van der Waals surface area contributed by atoms with Crippen molar-refractivity contribution >= 4 is 15.9 Å². The molecule has 0 radical (unpaired) electrons. The number of nitrogens with zero attached hydrogens (tertiary/aromatic N) is 4. The van der Waals surface area contributed by atoms with E-state index in [9.17, 15) is 13.2 Å². The zero-order valence-electron chi connectivity index (χ0n) is 17.8. The molecule has 172 valence electrons. The smallest absolute Gasteiger partial charge is 0.319 e. The molecule has 1 amide bonds. The van der Waals surface area contributed by atoms with Gasteiger partial charge in [0.05, 0.1) is 31.8 Å². The molecule has 0 bridgehead atoms. The van der Waals surface area contributed by atoms with Crippen molar-refractivity contribution in [2.75, 3.05) is 46.5 Å². The highest BCUT2D eigenvalue weighted by Crippen LogP contribution is 2.21. The van der Waals surface area contributed by atoms with Crippen LogP contribution in [0.1, 0.15) is 23.2 Å². The molecule has 1 atom stereocenters. The number of sulfonamides is 1. The molecule has 0 aliphatic carbocycles. The number of ether oxygens (including phenoxy) is 3. The van der Waals surface area contributed by atoms with E-state index >= 15 is 0 Å². The molecular weight excluding hydrogens is 436 g/mol. The van der Waals surface area contributed by atoms with Gasteiger partial charge in [-0.15, -0.1) is 0 Å². The van der Waals surface area contributed by atoms with Crippen LogP contribution in [0.4, 0.5) is 0 Å². The van der Waals surface area contributed by atoms with Gasteiger partial charge in [0, 0.05) is 37.5 Å². The van der Waals surface area contributed by atoms with Gasteiger partial charge in [0.1, 0.15) is 6.10 Å². The van der Waals surface area contributed by atoms with Crippen molar-refractivity contribution in [1.82, 2.24) is 19.2 Å². The van der Waals surface area contributed by atoms with Crippen molar-refractivity contribution in [2.24, 2.45) is 0 Å². The number of morpholine rings is 1. The first kappa shape index (κ1) is 22.4. The summed E-state index contributed by atoms with van der Waals surface area (Å²) in [5.41, 5.74) is 0.440. The van der Waals surface area contributed by atoms with Crippen LogP contribution in [0.2, 0.25) is 0 Å². The number of aromatic nitrogens is 2. The Bertz CT molecular complexity index is 1040. The monoisotopic (exact) mass is 462 g/mol. The van der Waals surface area contributed by atoms with Crippen molar-refractivity contribution in [3.63, 3.8) is 0 Å². The minimum Gasteiger partial charge on any atom is -0.472 e. The maximum atomic E-state index is 13.0. The van der Waals surface area contributed by atoms with Crippen LogP contribution in [0.5, 0.6) is 11.9 Å². The quantitative estimate of drug-likeness (QED) is 0.630. The number of piperidine rings is 1. The van der Waals surface area contributed by atoms with E-state index < -0.39 is 10.0 Å². The number of carbonyl (C=O) groups excluding carboxylic acids is 1. The first-order chi connectivity index (χ1) is 15.5. The van der Waals surface area contributed by atoms with Crippen LogP contribution >= 0.6 is 0 Å². The normalized spacial score (nSPS) is 20.0. The van der Waals surface area contributed by atoms with Crippen molar-refractivity contribution in [2.45, 2.75) is 23.8 Å². The molecule has 1 unspecified atom stereocenters. The van der Waals surface area contributed by atoms with Crippen LogP contribution in [0.3, 0.4) is 0 Å². The Morgan fingerprint density at radius 3 is 2.59 bits per heavy atom. The van der Waals surface area contributed by atoms with Crippen molar-refractivity contribution < 1.29 is 27.4 Å². The van der Waals surface area contributed by atoms with Crippen LogP contribution in [0, 0.1) is 0 Å². The van der Waals surface area contributed by atoms with Gasteiger partial charge >= 0.3 is 6.01 Å². The van der Waals surface area contributed by atoms with Crippen LogP contribution in [-0.4, -0.2) is 86.1 Å². The van der Waals surface area contributed by atoms with Crippen molar-refractivity contribution in [1.29, 1.82) is 0 Å². The number of methoxy groups -OCH3 is 1. The molecule has 0 N–H and O–H groups in total. The molecule has 32 heavy (non-hydrogen) atoms. The van der Waals surface area contributed by atoms with Gasteiger partial charge in [-0.05, 0) is 37.1 Å². The van der Waals surface area contributed by atoms with Gasteiger partial charge in [-0.25, -0.2) is 13.4 Å². The minimum absolute atomic E-state index is 0.158. The summed E-state index contributed by atoms with van der Waals surface area (Å²) >= 11 is 0. The molecule has 11 heteroatoms. The van der Waals surface area contributed by atoms with Crippen LogP contribution in [-0.2, 0) is 14.8 Å². The Morgan fingerprint density at radius 1 is 1.12 bits per heavy atom. The number of hydrogen-bond acceptors (Lipinski definition) is 8. The summed E-state index contributed by atoms with van der Waals surface area (Å²) in [6.45, 7) is 2.46. The lowest BCUT2D eigenvalue weighted by Crippen LogP contribution is -2.44. The summed E-state index contributed by atoms with van der Waals surface area (Å²) < 4.78 is 43.1. The van der Waals surface area contributed by atoms with Gasteiger partial charge in [-0.1, -0.05) is 0 Å². The number of benzene rings is 1. The van der Waals surface area contributed by atoms with E-state index in [4.69, 9.17) is 14.2 Å². The second-order valence-electron chi connectivity index (χ2n) is 7.56. The third-order valence-electron chi connectivity index (χ3n) is 5.45. The number of carbonyl (C=O) groups is 1. The SMILES string of the molecule is COc1nccc(OC2CCCN(C(=O)c3ccc(S(=O)(=O)N4CCOCC4)cc3)C2)n1. The second kappa shape index (κ2) is 9.80. The van der Waals surface area contributed by atoms with Gasteiger partial charge in [-0.3, -0.25) is 4.79 Å². The molecule has 1 aromatic heterocycles. The standard InChI is InChI=1S/C21H26N4O6S/c1-29-21-22-9-8-19(23-21)31-17-3-2-10-24(15-17)20(26)16-4-6-18(7-5-16)32(27,28)25-11-13-30-14-12-25/h4-9,17H,2-3,10-15H2,1H3. The van der Waals surface area contributed by atoms with Crippen LogP contribution in [0.25, 0.3) is 0 Å². The zero-order chi connectivity index (χ0) is 22.6. The number of likely N-dealkylation sites (tertiary alicyclic amines) is 1. The minimum atomic E-state index is -3.59. The highest BCUT2D eigenvalue weighted by Gasteiger charge is 2.28. The number of hydrogen-bond donors (Lipinski definition) is 0. The van der Waals surface area contributed by atoms with E-state index in [1.54, 1.807) is 29.3 Å². The largest absolute Gasteiger partial charge is 0.472 e. The third-order valence-corrected chi connectivity index (χ3v) is 7.37. The van der Waals surface area contributed by atoms with Gasteiger partial charge < -0.3 is 19.1 Å². The summed E-state index contributed by atoms with van der Waals surface area (Å²) in [6, 6.07) is 7.98. The van der Waals surface area contributed by atoms with E-state index in [0.29, 0.717) is 50.8 Å². The fraction of sp³-hybridized carbons (Fsp3) is 0.476. The molecule has 0 spiro atoms. The van der Waals surface area contributed by atoms with Crippen molar-refractivity contribution in [3.05, 3.63) is 42.1 Å². The van der Waals surface area contributed by atoms with E-state index in [0.717, 1.165) is 12.8 Å². The van der Waals surface area contributed by atoms with E-state index in [1.807, 2.05) is 0 Å². The first-order valence-electron chi connectivity index (χ1n) is 10.5. The van der Waals surface area contributed by atoms with E-state index in [-0.39, 0.29) is 22.9 Å². The Hall–Kier alpha value is -2.76. The fourth-order valence-corrected chi connectivity index (χ4v) is 5.17. The van der Waals surface area contributed by atoms with Gasteiger partial charge in [0.25, 0.3) is 5.91 Å². The third kappa shape index (κ3) is 5.00. The average molecular weight is 463 g/mol. The topological polar surface area (TPSA) is 111 Å². The molecule has 2 aliphatic heterocycles. The van der Waals surface area contributed by atoms with E-state index in [1.165, 1.54) is 23.5 Å².